The highest BCUT2D eigenvalue weighted by molar-refractivity contribution is 5.79. The van der Waals surface area contributed by atoms with Crippen molar-refractivity contribution in [2.24, 2.45) is 5.41 Å². The summed E-state index contributed by atoms with van der Waals surface area (Å²) >= 11 is 0. The summed E-state index contributed by atoms with van der Waals surface area (Å²) in [5.74, 6) is -0.749. The van der Waals surface area contributed by atoms with E-state index in [0.29, 0.717) is 30.7 Å². The fourth-order valence-electron chi connectivity index (χ4n) is 2.36. The molecule has 1 aliphatic heterocycles. The average Bonchev–Trinajstić information content (AvgIpc) is 2.72. The van der Waals surface area contributed by atoms with Gasteiger partial charge in [-0.25, -0.2) is 4.79 Å². The first kappa shape index (κ1) is 12.0. The number of carbonyl (C=O) groups excluding carboxylic acids is 1. The number of H-pyrrole nitrogens is 1. The number of hydrogen-bond acceptors (Lipinski definition) is 5. The minimum absolute atomic E-state index is 0.264. The first-order valence-corrected chi connectivity index (χ1v) is 5.91. The SMILES string of the molecule is COC(=O)C1(Cc2ccc3oc(=O)[nH]c3c2)COC1. The maximum absolute atomic E-state index is 11.8. The zero-order valence-corrected chi connectivity index (χ0v) is 10.4. The third-order valence-corrected chi connectivity index (χ3v) is 3.40. The molecule has 6 nitrogen and oxygen atoms in total. The summed E-state index contributed by atoms with van der Waals surface area (Å²) in [4.78, 5) is 25.5. The third kappa shape index (κ3) is 1.94. The summed E-state index contributed by atoms with van der Waals surface area (Å²) < 4.78 is 14.9. The Balaban J connectivity index is 1.92. The van der Waals surface area contributed by atoms with E-state index >= 15 is 0 Å². The van der Waals surface area contributed by atoms with E-state index in [1.165, 1.54) is 7.11 Å². The molecular weight excluding hydrogens is 250 g/mol. The molecule has 6 heteroatoms. The highest BCUT2D eigenvalue weighted by Crippen LogP contribution is 2.33. The Bertz CT molecular complexity index is 680. The summed E-state index contributed by atoms with van der Waals surface area (Å²) in [6.07, 6.45) is 0.517. The number of ether oxygens (including phenoxy) is 2. The Morgan fingerprint density at radius 2 is 2.26 bits per heavy atom. The molecule has 0 saturated carbocycles. The van der Waals surface area contributed by atoms with E-state index in [1.54, 1.807) is 6.07 Å². The summed E-state index contributed by atoms with van der Waals surface area (Å²) in [5.41, 5.74) is 1.46. The highest BCUT2D eigenvalue weighted by Gasteiger charge is 2.47. The van der Waals surface area contributed by atoms with E-state index in [4.69, 9.17) is 13.9 Å². The van der Waals surface area contributed by atoms with Gasteiger partial charge in [0.15, 0.2) is 5.58 Å². The van der Waals surface area contributed by atoms with Crippen molar-refractivity contribution < 1.29 is 18.7 Å². The maximum Gasteiger partial charge on any atom is 0.417 e. The number of oxazole rings is 1. The lowest BCUT2D eigenvalue weighted by atomic mass is 9.80. The number of benzene rings is 1. The van der Waals surface area contributed by atoms with Gasteiger partial charge in [0.2, 0.25) is 0 Å². The molecule has 1 aromatic heterocycles. The Kier molecular flexibility index (Phi) is 2.67. The van der Waals surface area contributed by atoms with Gasteiger partial charge in [-0.2, -0.15) is 0 Å². The van der Waals surface area contributed by atoms with Crippen molar-refractivity contribution in [2.75, 3.05) is 20.3 Å². The van der Waals surface area contributed by atoms with Crippen LogP contribution in [0.4, 0.5) is 0 Å². The largest absolute Gasteiger partial charge is 0.468 e. The zero-order valence-electron chi connectivity index (χ0n) is 10.4. The lowest BCUT2D eigenvalue weighted by Crippen LogP contribution is -2.51. The summed E-state index contributed by atoms with van der Waals surface area (Å²) in [6, 6.07) is 5.36. The van der Waals surface area contributed by atoms with Crippen molar-refractivity contribution in [1.82, 2.24) is 4.98 Å². The van der Waals surface area contributed by atoms with Crippen LogP contribution < -0.4 is 5.76 Å². The molecular formula is C13H13NO5. The van der Waals surface area contributed by atoms with Crippen LogP contribution in [0, 0.1) is 5.41 Å². The van der Waals surface area contributed by atoms with E-state index in [2.05, 4.69) is 4.98 Å². The van der Waals surface area contributed by atoms with Crippen LogP contribution in [-0.2, 0) is 20.7 Å². The smallest absolute Gasteiger partial charge is 0.417 e. The number of esters is 1. The molecule has 0 spiro atoms. The molecule has 100 valence electrons. The molecule has 0 amide bonds. The standard InChI is InChI=1S/C13H13NO5/c1-17-11(15)13(6-18-7-13)5-8-2-3-10-9(4-8)14-12(16)19-10/h2-4H,5-7H2,1H3,(H,14,16). The first-order chi connectivity index (χ1) is 9.13. The van der Waals surface area contributed by atoms with Crippen LogP contribution in [-0.4, -0.2) is 31.3 Å². The van der Waals surface area contributed by atoms with Crippen LogP contribution >= 0.6 is 0 Å². The van der Waals surface area contributed by atoms with E-state index in [-0.39, 0.29) is 5.97 Å². The molecule has 1 saturated heterocycles. The van der Waals surface area contributed by atoms with Gasteiger partial charge in [0.05, 0.1) is 25.8 Å². The van der Waals surface area contributed by atoms with E-state index in [9.17, 15) is 9.59 Å². The van der Waals surface area contributed by atoms with Crippen LogP contribution in [0.3, 0.4) is 0 Å². The number of methoxy groups -OCH3 is 1. The number of nitrogens with one attached hydrogen (secondary N) is 1. The number of carbonyl (C=O) groups is 1. The van der Waals surface area contributed by atoms with Crippen LogP contribution in [0.5, 0.6) is 0 Å². The third-order valence-electron chi connectivity index (χ3n) is 3.40. The monoisotopic (exact) mass is 263 g/mol. The second-order valence-electron chi connectivity index (χ2n) is 4.79. The molecule has 0 bridgehead atoms. The molecule has 1 N–H and O–H groups in total. The minimum atomic E-state index is -0.605. The van der Waals surface area contributed by atoms with Gasteiger partial charge in [-0.1, -0.05) is 6.07 Å². The number of aromatic nitrogens is 1. The van der Waals surface area contributed by atoms with Crippen LogP contribution in [0.1, 0.15) is 5.56 Å². The molecule has 0 unspecified atom stereocenters. The molecule has 2 aromatic rings. The second-order valence-corrected chi connectivity index (χ2v) is 4.79. The van der Waals surface area contributed by atoms with E-state index in [1.807, 2.05) is 12.1 Å². The molecule has 2 heterocycles. The lowest BCUT2D eigenvalue weighted by molar-refractivity contribution is -0.182. The summed E-state index contributed by atoms with van der Waals surface area (Å²) in [7, 11) is 1.37. The second kappa shape index (κ2) is 4.24. The van der Waals surface area contributed by atoms with Crippen LogP contribution in [0.15, 0.2) is 27.4 Å². The van der Waals surface area contributed by atoms with E-state index < -0.39 is 11.2 Å². The van der Waals surface area contributed by atoms with Gasteiger partial charge in [0.1, 0.15) is 5.41 Å². The van der Waals surface area contributed by atoms with Crippen molar-refractivity contribution in [3.63, 3.8) is 0 Å². The topological polar surface area (TPSA) is 81.5 Å². The van der Waals surface area contributed by atoms with Gasteiger partial charge in [-0.05, 0) is 24.1 Å². The molecule has 0 aliphatic carbocycles. The van der Waals surface area contributed by atoms with Crippen molar-refractivity contribution in [3.05, 3.63) is 34.3 Å². The van der Waals surface area contributed by atoms with Gasteiger partial charge < -0.3 is 13.9 Å². The predicted octanol–water partition coefficient (Wildman–Crippen LogP) is 0.853. The van der Waals surface area contributed by atoms with Gasteiger partial charge in [-0.3, -0.25) is 9.78 Å². The van der Waals surface area contributed by atoms with Gasteiger partial charge in [-0.15, -0.1) is 0 Å². The summed E-state index contributed by atoms with van der Waals surface area (Å²) in [6.45, 7) is 0.721. The fraction of sp³-hybridized carbons (Fsp3) is 0.385. The van der Waals surface area contributed by atoms with E-state index in [0.717, 1.165) is 5.56 Å². The van der Waals surface area contributed by atoms with Gasteiger partial charge >= 0.3 is 11.7 Å². The Morgan fingerprint density at radius 1 is 1.47 bits per heavy atom. The van der Waals surface area contributed by atoms with Crippen LogP contribution in [0.2, 0.25) is 0 Å². The molecule has 0 radical (unpaired) electrons. The Hall–Kier alpha value is -2.08. The van der Waals surface area contributed by atoms with Gasteiger partial charge in [0.25, 0.3) is 0 Å². The number of aromatic amines is 1. The molecule has 1 fully saturated rings. The Labute approximate surface area is 108 Å². The van der Waals surface area contributed by atoms with Crippen molar-refractivity contribution >= 4 is 17.1 Å². The molecule has 1 aliphatic rings. The number of rotatable bonds is 3. The zero-order chi connectivity index (χ0) is 13.5. The fourth-order valence-corrected chi connectivity index (χ4v) is 2.36. The normalized spacial score (nSPS) is 17.1. The highest BCUT2D eigenvalue weighted by atomic mass is 16.5. The van der Waals surface area contributed by atoms with Gasteiger partial charge in [0, 0.05) is 0 Å². The summed E-state index contributed by atoms with van der Waals surface area (Å²) in [5, 5.41) is 0. The molecule has 19 heavy (non-hydrogen) atoms. The Morgan fingerprint density at radius 3 is 2.89 bits per heavy atom. The molecule has 1 aromatic carbocycles. The number of fused-ring (bicyclic) bond motifs is 1. The van der Waals surface area contributed by atoms with Crippen LogP contribution in [0.25, 0.3) is 11.1 Å². The molecule has 0 atom stereocenters. The minimum Gasteiger partial charge on any atom is -0.468 e. The average molecular weight is 263 g/mol. The van der Waals surface area contributed by atoms with Crippen molar-refractivity contribution in [3.8, 4) is 0 Å². The van der Waals surface area contributed by atoms with Crippen molar-refractivity contribution in [2.45, 2.75) is 6.42 Å². The quantitative estimate of drug-likeness (QED) is 0.830. The predicted molar refractivity (Wildman–Crippen MR) is 65.8 cm³/mol. The molecule has 3 rings (SSSR count). The van der Waals surface area contributed by atoms with Crippen molar-refractivity contribution in [1.29, 1.82) is 0 Å². The first-order valence-electron chi connectivity index (χ1n) is 5.91. The maximum atomic E-state index is 11.8. The number of hydrogen-bond donors (Lipinski definition) is 1. The lowest BCUT2D eigenvalue weighted by Gasteiger charge is -2.38.